The van der Waals surface area contributed by atoms with Crippen LogP contribution in [-0.4, -0.2) is 24.0 Å². The molecule has 0 spiro atoms. The number of hydrogen-bond donors (Lipinski definition) is 1. The molecule has 1 atom stereocenters. The third kappa shape index (κ3) is 4.51. The number of nitrogens with two attached hydrogens (primary N) is 1. The van der Waals surface area contributed by atoms with E-state index >= 15 is 0 Å². The van der Waals surface area contributed by atoms with Crippen LogP contribution in [0.3, 0.4) is 0 Å². The Morgan fingerprint density at radius 1 is 1.36 bits per heavy atom. The number of rotatable bonds is 2. The van der Waals surface area contributed by atoms with Crippen LogP contribution < -0.4 is 5.73 Å². The van der Waals surface area contributed by atoms with Crippen LogP contribution in [0.15, 0.2) is 18.2 Å². The molecule has 0 aliphatic carbocycles. The Morgan fingerprint density at radius 2 is 2.00 bits per heavy atom. The number of hydrogen-bond acceptors (Lipinski definition) is 2. The van der Waals surface area contributed by atoms with Crippen molar-refractivity contribution in [1.29, 1.82) is 0 Å². The van der Waals surface area contributed by atoms with Crippen LogP contribution in [-0.2, 0) is 12.7 Å². The highest BCUT2D eigenvalue weighted by Gasteiger charge is 2.35. The van der Waals surface area contributed by atoms with Crippen molar-refractivity contribution in [2.45, 2.75) is 39.0 Å². The molecule has 1 fully saturated rings. The molecule has 22 heavy (non-hydrogen) atoms. The topological polar surface area (TPSA) is 29.3 Å². The fourth-order valence-electron chi connectivity index (χ4n) is 2.77. The minimum Gasteiger partial charge on any atom is -0.327 e. The Balaban J connectivity index is 0.00000242. The zero-order chi connectivity index (χ0) is 15.8. The second-order valence-corrected chi connectivity index (χ2v) is 6.81. The molecule has 1 aliphatic heterocycles. The van der Waals surface area contributed by atoms with E-state index in [1.54, 1.807) is 6.07 Å². The van der Waals surface area contributed by atoms with Crippen LogP contribution in [0, 0.1) is 5.41 Å². The van der Waals surface area contributed by atoms with Crippen molar-refractivity contribution in [3.8, 4) is 0 Å². The molecule has 2 nitrogen and oxygen atoms in total. The largest absolute Gasteiger partial charge is 0.417 e. The van der Waals surface area contributed by atoms with Gasteiger partial charge in [-0.1, -0.05) is 31.5 Å². The summed E-state index contributed by atoms with van der Waals surface area (Å²) in [5.41, 5.74) is 5.90. The summed E-state index contributed by atoms with van der Waals surface area (Å²) >= 11 is 5.64. The molecule has 1 aromatic rings. The smallest absolute Gasteiger partial charge is 0.327 e. The van der Waals surface area contributed by atoms with E-state index in [0.717, 1.165) is 25.6 Å². The molecule has 1 saturated heterocycles. The Labute approximate surface area is 140 Å². The first-order chi connectivity index (χ1) is 9.59. The predicted octanol–water partition coefficient (Wildman–Crippen LogP) is 4.34. The highest BCUT2D eigenvalue weighted by molar-refractivity contribution is 6.31. The zero-order valence-corrected chi connectivity index (χ0v) is 14.2. The first-order valence-corrected chi connectivity index (χ1v) is 7.31. The zero-order valence-electron chi connectivity index (χ0n) is 12.6. The Hall–Kier alpha value is -0.490. The van der Waals surface area contributed by atoms with E-state index in [4.69, 9.17) is 17.3 Å². The van der Waals surface area contributed by atoms with Gasteiger partial charge >= 0.3 is 6.18 Å². The number of nitrogens with zero attached hydrogens (tertiary/aromatic N) is 1. The molecular weight excluding hydrogens is 336 g/mol. The quantitative estimate of drug-likeness (QED) is 0.853. The van der Waals surface area contributed by atoms with Crippen molar-refractivity contribution >= 4 is 24.0 Å². The van der Waals surface area contributed by atoms with Crippen LogP contribution in [0.2, 0.25) is 5.02 Å². The monoisotopic (exact) mass is 356 g/mol. The highest BCUT2D eigenvalue weighted by atomic mass is 35.5. The maximum atomic E-state index is 12.9. The Bertz CT molecular complexity index is 518. The van der Waals surface area contributed by atoms with Gasteiger partial charge in [0.05, 0.1) is 10.6 Å². The maximum absolute atomic E-state index is 12.9. The minimum absolute atomic E-state index is 0. The lowest BCUT2D eigenvalue weighted by Crippen LogP contribution is -2.52. The van der Waals surface area contributed by atoms with Crippen molar-refractivity contribution in [3.05, 3.63) is 34.3 Å². The van der Waals surface area contributed by atoms with Gasteiger partial charge in [0.1, 0.15) is 0 Å². The first-order valence-electron chi connectivity index (χ1n) is 6.93. The van der Waals surface area contributed by atoms with E-state index in [1.165, 1.54) is 6.07 Å². The third-order valence-corrected chi connectivity index (χ3v) is 4.46. The minimum atomic E-state index is -4.42. The molecule has 0 amide bonds. The van der Waals surface area contributed by atoms with Crippen LogP contribution in [0.5, 0.6) is 0 Å². The van der Waals surface area contributed by atoms with Gasteiger partial charge in [0.25, 0.3) is 0 Å². The van der Waals surface area contributed by atoms with E-state index in [-0.39, 0.29) is 28.9 Å². The average Bonchev–Trinajstić information content (AvgIpc) is 2.34. The van der Waals surface area contributed by atoms with Crippen LogP contribution in [0.1, 0.15) is 31.4 Å². The lowest BCUT2D eigenvalue weighted by molar-refractivity contribution is -0.137. The highest BCUT2D eigenvalue weighted by Crippen LogP contribution is 2.36. The number of benzene rings is 1. The number of alkyl halides is 3. The van der Waals surface area contributed by atoms with Crippen molar-refractivity contribution in [1.82, 2.24) is 4.90 Å². The second kappa shape index (κ2) is 6.95. The van der Waals surface area contributed by atoms with Gasteiger partial charge in [-0.25, -0.2) is 0 Å². The Morgan fingerprint density at radius 3 is 2.55 bits per heavy atom. The molecule has 0 bridgehead atoms. The molecule has 1 unspecified atom stereocenters. The van der Waals surface area contributed by atoms with Crippen molar-refractivity contribution in [2.75, 3.05) is 13.1 Å². The number of piperidine rings is 1. The van der Waals surface area contributed by atoms with Gasteiger partial charge in [-0.15, -0.1) is 12.4 Å². The van der Waals surface area contributed by atoms with Gasteiger partial charge in [-0.05, 0) is 29.5 Å². The number of halogens is 5. The van der Waals surface area contributed by atoms with E-state index in [9.17, 15) is 13.2 Å². The summed E-state index contributed by atoms with van der Waals surface area (Å²) in [6.07, 6.45) is -3.57. The molecule has 0 aromatic heterocycles. The molecule has 7 heteroatoms. The third-order valence-electron chi connectivity index (χ3n) is 4.13. The number of likely N-dealkylation sites (tertiary alicyclic amines) is 1. The van der Waals surface area contributed by atoms with Gasteiger partial charge in [0.15, 0.2) is 0 Å². The normalized spacial score (nSPS) is 22.2. The standard InChI is InChI=1S/C15H20ClF3N2.ClH/c1-14(2)9-21(6-5-13(14)20)8-10-3-4-12(16)11(7-10)15(17,18)19;/h3-4,7,13H,5-6,8-9,20H2,1-2H3;1H. The molecule has 1 aliphatic rings. The van der Waals surface area contributed by atoms with Crippen molar-refractivity contribution in [3.63, 3.8) is 0 Å². The lowest BCUT2D eigenvalue weighted by Gasteiger charge is -2.42. The van der Waals surface area contributed by atoms with E-state index < -0.39 is 11.7 Å². The molecule has 2 rings (SSSR count). The molecule has 2 N–H and O–H groups in total. The van der Waals surface area contributed by atoms with Crippen LogP contribution in [0.25, 0.3) is 0 Å². The average molecular weight is 357 g/mol. The fraction of sp³-hybridized carbons (Fsp3) is 0.600. The molecule has 0 radical (unpaired) electrons. The van der Waals surface area contributed by atoms with Gasteiger partial charge in [-0.3, -0.25) is 4.90 Å². The fourth-order valence-corrected chi connectivity index (χ4v) is 2.99. The summed E-state index contributed by atoms with van der Waals surface area (Å²) in [6.45, 7) is 6.24. The summed E-state index contributed by atoms with van der Waals surface area (Å²) in [5.74, 6) is 0. The van der Waals surface area contributed by atoms with Gasteiger partial charge in [0.2, 0.25) is 0 Å². The van der Waals surface area contributed by atoms with E-state index in [2.05, 4.69) is 18.7 Å². The van der Waals surface area contributed by atoms with E-state index in [1.807, 2.05) is 0 Å². The Kier molecular flexibility index (Phi) is 6.18. The SMILES string of the molecule is CC1(C)CN(Cc2ccc(Cl)c(C(F)(F)F)c2)CCC1N.Cl. The van der Waals surface area contributed by atoms with E-state index in [0.29, 0.717) is 12.1 Å². The first kappa shape index (κ1) is 19.6. The lowest BCUT2D eigenvalue weighted by atomic mass is 9.79. The van der Waals surface area contributed by atoms with Gasteiger partial charge in [-0.2, -0.15) is 13.2 Å². The van der Waals surface area contributed by atoms with Gasteiger partial charge in [0, 0.05) is 25.7 Å². The van der Waals surface area contributed by atoms with Crippen LogP contribution in [0.4, 0.5) is 13.2 Å². The van der Waals surface area contributed by atoms with Gasteiger partial charge < -0.3 is 5.73 Å². The summed E-state index contributed by atoms with van der Waals surface area (Å²) in [7, 11) is 0. The van der Waals surface area contributed by atoms with Crippen molar-refractivity contribution < 1.29 is 13.2 Å². The summed E-state index contributed by atoms with van der Waals surface area (Å²) in [6, 6.07) is 4.24. The molecule has 1 aromatic carbocycles. The predicted molar refractivity (Wildman–Crippen MR) is 85.4 cm³/mol. The van der Waals surface area contributed by atoms with Crippen molar-refractivity contribution in [2.24, 2.45) is 11.1 Å². The maximum Gasteiger partial charge on any atom is 0.417 e. The molecular formula is C15H21Cl2F3N2. The molecule has 1 heterocycles. The molecule has 126 valence electrons. The molecule has 0 saturated carbocycles. The summed E-state index contributed by atoms with van der Waals surface area (Å²) in [5, 5.41) is -0.257. The van der Waals surface area contributed by atoms with Crippen LogP contribution >= 0.6 is 24.0 Å². The second-order valence-electron chi connectivity index (χ2n) is 6.41. The summed E-state index contributed by atoms with van der Waals surface area (Å²) in [4.78, 5) is 2.15. The summed E-state index contributed by atoms with van der Waals surface area (Å²) < 4.78 is 38.6.